The lowest BCUT2D eigenvalue weighted by Gasteiger charge is -2.40. The van der Waals surface area contributed by atoms with Crippen LogP contribution in [-0.2, 0) is 17.9 Å². The monoisotopic (exact) mass is 584 g/mol. The molecule has 1 amide bonds. The van der Waals surface area contributed by atoms with Gasteiger partial charge in [0.05, 0.1) is 12.1 Å². The quantitative estimate of drug-likeness (QED) is 0.247. The van der Waals surface area contributed by atoms with Gasteiger partial charge in [0.15, 0.2) is 0 Å². The summed E-state index contributed by atoms with van der Waals surface area (Å²) >= 11 is 3.17. The SMILES string of the molecule is COc1ccc(NC(=O)Cn2c3c(sc2=O)C(c2ccc(OCc4ccccc4)cc2)C2C4CCC(C4)C2S3)cc1. The summed E-state index contributed by atoms with van der Waals surface area (Å²) in [7, 11) is 1.61. The number of ether oxygens (including phenoxy) is 2. The molecule has 0 spiro atoms. The number of rotatable bonds is 8. The predicted molar refractivity (Wildman–Crippen MR) is 163 cm³/mol. The number of carbonyl (C=O) groups is 1. The molecule has 4 aromatic rings. The molecular formula is C33H32N2O4S2. The maximum Gasteiger partial charge on any atom is 0.308 e. The van der Waals surface area contributed by atoms with E-state index in [1.54, 1.807) is 23.8 Å². The van der Waals surface area contributed by atoms with Crippen LogP contribution >= 0.6 is 23.1 Å². The third kappa shape index (κ3) is 5.08. The Morgan fingerprint density at radius 1 is 0.951 bits per heavy atom. The van der Waals surface area contributed by atoms with E-state index in [2.05, 4.69) is 41.7 Å². The van der Waals surface area contributed by atoms with Crippen LogP contribution in [-0.4, -0.2) is 22.8 Å². The molecule has 2 saturated carbocycles. The fraction of sp³-hybridized carbons (Fsp3) is 0.333. The lowest BCUT2D eigenvalue weighted by atomic mass is 9.75. The van der Waals surface area contributed by atoms with E-state index in [0.29, 0.717) is 35.3 Å². The molecule has 2 aliphatic carbocycles. The van der Waals surface area contributed by atoms with Crippen LogP contribution in [0.1, 0.15) is 41.2 Å². The van der Waals surface area contributed by atoms with Crippen molar-refractivity contribution >= 4 is 34.7 Å². The van der Waals surface area contributed by atoms with Crippen LogP contribution < -0.4 is 19.7 Å². The topological polar surface area (TPSA) is 69.6 Å². The summed E-state index contributed by atoms with van der Waals surface area (Å²) in [6, 6.07) is 25.9. The fourth-order valence-corrected chi connectivity index (χ4v) is 10.1. The first-order chi connectivity index (χ1) is 20.1. The van der Waals surface area contributed by atoms with Gasteiger partial charge < -0.3 is 14.8 Å². The Morgan fingerprint density at radius 2 is 1.68 bits per heavy atom. The van der Waals surface area contributed by atoms with Crippen LogP contribution in [0.5, 0.6) is 11.5 Å². The zero-order valence-electron chi connectivity index (χ0n) is 22.8. The molecule has 2 heterocycles. The van der Waals surface area contributed by atoms with Crippen molar-refractivity contribution in [3.63, 3.8) is 0 Å². The van der Waals surface area contributed by atoms with Gasteiger partial charge in [0.25, 0.3) is 0 Å². The van der Waals surface area contributed by atoms with Crippen molar-refractivity contribution in [2.75, 3.05) is 12.4 Å². The van der Waals surface area contributed by atoms with E-state index in [1.807, 2.05) is 42.1 Å². The number of aromatic nitrogens is 1. The Bertz CT molecular complexity index is 1600. The Morgan fingerprint density at radius 3 is 2.44 bits per heavy atom. The Labute approximate surface area is 247 Å². The zero-order chi connectivity index (χ0) is 27.9. The van der Waals surface area contributed by atoms with Crippen molar-refractivity contribution in [3.8, 4) is 11.5 Å². The Hall–Kier alpha value is -3.49. The van der Waals surface area contributed by atoms with Crippen molar-refractivity contribution in [2.45, 2.75) is 48.6 Å². The van der Waals surface area contributed by atoms with Crippen LogP contribution in [0.3, 0.4) is 0 Å². The van der Waals surface area contributed by atoms with Crippen molar-refractivity contribution in [1.82, 2.24) is 4.57 Å². The van der Waals surface area contributed by atoms with Gasteiger partial charge in [-0.2, -0.15) is 0 Å². The minimum Gasteiger partial charge on any atom is -0.497 e. The zero-order valence-corrected chi connectivity index (χ0v) is 24.5. The first kappa shape index (κ1) is 26.4. The van der Waals surface area contributed by atoms with E-state index in [9.17, 15) is 9.59 Å². The number of anilines is 1. The minimum atomic E-state index is -0.204. The number of thioether (sulfide) groups is 1. The summed E-state index contributed by atoms with van der Waals surface area (Å²) in [5.41, 5.74) is 3.05. The molecule has 0 saturated heterocycles. The number of nitrogens with one attached hydrogen (secondary N) is 1. The number of thiazole rings is 1. The van der Waals surface area contributed by atoms with Gasteiger partial charge in [-0.05, 0) is 84.5 Å². The maximum atomic E-state index is 13.4. The molecular weight excluding hydrogens is 553 g/mol. The number of hydrogen-bond donors (Lipinski definition) is 1. The third-order valence-electron chi connectivity index (χ3n) is 8.85. The second-order valence-electron chi connectivity index (χ2n) is 11.2. The molecule has 3 aromatic carbocycles. The molecule has 1 aliphatic heterocycles. The number of carbonyl (C=O) groups excluding carboxylic acids is 1. The van der Waals surface area contributed by atoms with E-state index < -0.39 is 0 Å². The van der Waals surface area contributed by atoms with Crippen LogP contribution in [0, 0.1) is 17.8 Å². The van der Waals surface area contributed by atoms with Crippen LogP contribution in [0.2, 0.25) is 0 Å². The van der Waals surface area contributed by atoms with Gasteiger partial charge in [0, 0.05) is 21.7 Å². The normalized spacial score (nSPS) is 24.0. The molecule has 3 aliphatic rings. The number of hydrogen-bond acceptors (Lipinski definition) is 6. The fourth-order valence-electron chi connectivity index (χ4n) is 6.99. The van der Waals surface area contributed by atoms with Crippen molar-refractivity contribution in [2.24, 2.45) is 17.8 Å². The standard InChI is InChI=1S/C33H32N2O4S2/c1-38-25-15-11-24(12-16-25)34-27(36)18-35-32-31(41-33(35)37)28(29-22-7-8-23(17-22)30(29)40-32)21-9-13-26(14-10-21)39-19-20-5-3-2-4-6-20/h2-6,9-16,22-23,28-30H,7-8,17-19H2,1H3,(H,34,36). The predicted octanol–water partition coefficient (Wildman–Crippen LogP) is 6.79. The van der Waals surface area contributed by atoms with Gasteiger partial charge in [-0.1, -0.05) is 53.8 Å². The summed E-state index contributed by atoms with van der Waals surface area (Å²) < 4.78 is 13.0. The minimum absolute atomic E-state index is 0.00810. The van der Waals surface area contributed by atoms with Gasteiger partial charge in [-0.15, -0.1) is 11.8 Å². The highest BCUT2D eigenvalue weighted by Crippen LogP contribution is 2.64. The van der Waals surface area contributed by atoms with Crippen molar-refractivity contribution < 1.29 is 14.3 Å². The highest BCUT2D eigenvalue weighted by Gasteiger charge is 2.55. The summed E-state index contributed by atoms with van der Waals surface area (Å²) in [5, 5.41) is 4.40. The first-order valence-electron chi connectivity index (χ1n) is 14.2. The Balaban J connectivity index is 1.16. The van der Waals surface area contributed by atoms with Crippen molar-refractivity contribution in [3.05, 3.63) is 105 Å². The van der Waals surface area contributed by atoms with E-state index >= 15 is 0 Å². The molecule has 8 heteroatoms. The van der Waals surface area contributed by atoms with E-state index in [4.69, 9.17) is 9.47 Å². The van der Waals surface area contributed by atoms with Crippen LogP contribution in [0.25, 0.3) is 0 Å². The van der Waals surface area contributed by atoms with Gasteiger partial charge >= 0.3 is 4.87 Å². The summed E-state index contributed by atoms with van der Waals surface area (Å²) in [4.78, 5) is 27.5. The summed E-state index contributed by atoms with van der Waals surface area (Å²) in [5.74, 6) is 3.41. The average molecular weight is 585 g/mol. The summed E-state index contributed by atoms with van der Waals surface area (Å²) in [6.45, 7) is 0.538. The molecule has 6 nitrogen and oxygen atoms in total. The van der Waals surface area contributed by atoms with Gasteiger partial charge in [0.2, 0.25) is 5.91 Å². The Kier molecular flexibility index (Phi) is 7.13. The molecule has 2 bridgehead atoms. The number of fused-ring (bicyclic) bond motifs is 6. The summed E-state index contributed by atoms with van der Waals surface area (Å²) in [6.07, 6.45) is 3.81. The second kappa shape index (κ2) is 11.1. The molecule has 5 unspecified atom stereocenters. The highest BCUT2D eigenvalue weighted by molar-refractivity contribution is 8.00. The molecule has 1 N–H and O–H groups in total. The molecule has 1 aromatic heterocycles. The van der Waals surface area contributed by atoms with Crippen LogP contribution in [0.4, 0.5) is 5.69 Å². The lowest BCUT2D eigenvalue weighted by molar-refractivity contribution is -0.116. The van der Waals surface area contributed by atoms with Crippen molar-refractivity contribution in [1.29, 1.82) is 0 Å². The first-order valence-corrected chi connectivity index (χ1v) is 15.9. The molecule has 0 radical (unpaired) electrons. The van der Waals surface area contributed by atoms with Gasteiger partial charge in [-0.3, -0.25) is 14.2 Å². The lowest BCUT2D eigenvalue weighted by Crippen LogP contribution is -2.34. The van der Waals surface area contributed by atoms with Crippen LogP contribution in [0.15, 0.2) is 88.7 Å². The molecule has 2 fully saturated rings. The third-order valence-corrected chi connectivity index (χ3v) is 11.7. The average Bonchev–Trinajstić information content (AvgIpc) is 3.70. The van der Waals surface area contributed by atoms with Gasteiger partial charge in [0.1, 0.15) is 24.7 Å². The molecule has 41 heavy (non-hydrogen) atoms. The maximum absolute atomic E-state index is 13.4. The van der Waals surface area contributed by atoms with E-state index in [-0.39, 0.29) is 23.2 Å². The molecule has 5 atom stereocenters. The molecule has 7 rings (SSSR count). The second-order valence-corrected chi connectivity index (χ2v) is 13.4. The smallest absolute Gasteiger partial charge is 0.308 e. The number of methoxy groups -OCH3 is 1. The van der Waals surface area contributed by atoms with E-state index in [1.165, 1.54) is 36.2 Å². The largest absolute Gasteiger partial charge is 0.497 e. The van der Waals surface area contributed by atoms with Gasteiger partial charge in [-0.25, -0.2) is 0 Å². The van der Waals surface area contributed by atoms with E-state index in [0.717, 1.165) is 27.0 Å². The highest BCUT2D eigenvalue weighted by atomic mass is 32.2. The molecule has 210 valence electrons. The number of nitrogens with zero attached hydrogens (tertiary/aromatic N) is 1. The number of benzene rings is 3. The number of amides is 1.